The second kappa shape index (κ2) is 14.2. The highest BCUT2D eigenvalue weighted by atomic mass is 35.5. The van der Waals surface area contributed by atoms with Crippen LogP contribution in [-0.2, 0) is 20.0 Å². The van der Waals surface area contributed by atoms with E-state index in [1.165, 1.54) is 43.4 Å². The summed E-state index contributed by atoms with van der Waals surface area (Å²) < 4.78 is 53.5. The highest BCUT2D eigenvalue weighted by Crippen LogP contribution is 2.40. The van der Waals surface area contributed by atoms with Gasteiger partial charge in [0.1, 0.15) is 21.2 Å². The highest BCUT2D eigenvalue weighted by molar-refractivity contribution is 7.89. The number of carbonyl (C=O) groups excluding carboxylic acids is 2. The summed E-state index contributed by atoms with van der Waals surface area (Å²) in [4.78, 5) is 25.9. The molecule has 2 aliphatic rings. The van der Waals surface area contributed by atoms with Crippen molar-refractivity contribution in [1.82, 2.24) is 8.61 Å². The van der Waals surface area contributed by atoms with Gasteiger partial charge in [-0.15, -0.1) is 0 Å². The number of sulfonamides is 2. The second-order valence-corrected chi connectivity index (χ2v) is 17.1. The Hall–Kier alpha value is -5.66. The summed E-state index contributed by atoms with van der Waals surface area (Å²) in [5, 5.41) is 25.4. The Labute approximate surface area is 326 Å². The van der Waals surface area contributed by atoms with Crippen LogP contribution in [0.3, 0.4) is 0 Å². The fraction of sp³-hybridized carbons (Fsp3) is 0.0732. The van der Waals surface area contributed by atoms with Crippen LogP contribution in [0.1, 0.15) is 38.8 Å². The van der Waals surface area contributed by atoms with Gasteiger partial charge < -0.3 is 10.2 Å². The number of nitrogens with zero attached hydrogens (tertiary/aromatic N) is 2. The quantitative estimate of drug-likeness (QED) is 0.133. The number of benzene rings is 6. The first-order valence-electron chi connectivity index (χ1n) is 16.7. The minimum Gasteiger partial charge on any atom is -0.505 e. The average molecular weight is 814 g/mol. The zero-order valence-corrected chi connectivity index (χ0v) is 32.2. The Morgan fingerprint density at radius 1 is 0.564 bits per heavy atom. The molecule has 0 unspecified atom stereocenters. The molecule has 0 fully saturated rings. The van der Waals surface area contributed by atoms with Gasteiger partial charge in [0.15, 0.2) is 11.5 Å². The van der Waals surface area contributed by atoms with E-state index >= 15 is 0 Å². The molecule has 10 nitrogen and oxygen atoms in total. The normalized spacial score (nSPS) is 17.6. The van der Waals surface area contributed by atoms with Gasteiger partial charge in [-0.3, -0.25) is 18.2 Å². The molecular weight excluding hydrogens is 783 g/mol. The summed E-state index contributed by atoms with van der Waals surface area (Å²) in [6, 6.07) is 33.9. The first kappa shape index (κ1) is 37.6. The van der Waals surface area contributed by atoms with E-state index in [-0.39, 0.29) is 48.9 Å². The maximum atomic E-state index is 13.2. The molecule has 8 rings (SSSR count). The summed E-state index contributed by atoms with van der Waals surface area (Å²) in [6.07, 6.45) is 0. The number of hydrogen-bond donors (Lipinski definition) is 2. The predicted molar refractivity (Wildman–Crippen MR) is 213 cm³/mol. The average Bonchev–Trinajstić information content (AvgIpc) is 3.18. The van der Waals surface area contributed by atoms with E-state index in [9.17, 15) is 36.6 Å². The van der Waals surface area contributed by atoms with Crippen molar-refractivity contribution in [1.29, 1.82) is 0 Å². The van der Waals surface area contributed by atoms with Crippen molar-refractivity contribution in [3.8, 4) is 0 Å². The van der Waals surface area contributed by atoms with Crippen molar-refractivity contribution >= 4 is 87.9 Å². The van der Waals surface area contributed by atoms with Crippen LogP contribution in [0.15, 0.2) is 143 Å². The third-order valence-electron chi connectivity index (χ3n) is 9.39. The number of rotatable bonds is 3. The van der Waals surface area contributed by atoms with Crippen LogP contribution >= 0.6 is 23.2 Å². The minimum absolute atomic E-state index is 0.00694. The van der Waals surface area contributed by atoms with Gasteiger partial charge in [0.05, 0.1) is 21.2 Å². The number of halogens is 2. The Balaban J connectivity index is 0.000000169. The van der Waals surface area contributed by atoms with E-state index in [4.69, 9.17) is 23.2 Å². The molecule has 278 valence electrons. The number of hydrogen-bond acceptors (Lipinski definition) is 8. The molecule has 0 saturated heterocycles. The zero-order chi connectivity index (χ0) is 39.4. The second-order valence-electron chi connectivity index (χ2n) is 12.5. The van der Waals surface area contributed by atoms with Crippen LogP contribution in [0, 0.1) is 0 Å². The van der Waals surface area contributed by atoms with Crippen LogP contribution in [0.5, 0.6) is 0 Å². The smallest absolute Gasteiger partial charge is 0.265 e. The largest absolute Gasteiger partial charge is 0.505 e. The maximum Gasteiger partial charge on any atom is 0.265 e. The van der Waals surface area contributed by atoms with E-state index in [0.29, 0.717) is 11.1 Å². The number of carbonyl (C=O) groups is 2. The van der Waals surface area contributed by atoms with E-state index in [1.807, 2.05) is 48.5 Å². The molecule has 2 heterocycles. The Morgan fingerprint density at radius 2 is 0.982 bits per heavy atom. The van der Waals surface area contributed by atoms with Gasteiger partial charge >= 0.3 is 0 Å². The van der Waals surface area contributed by atoms with E-state index in [1.54, 1.807) is 43.3 Å². The first-order valence-corrected chi connectivity index (χ1v) is 20.3. The summed E-state index contributed by atoms with van der Waals surface area (Å²) in [7, 11) is -6.79. The molecule has 0 aromatic heterocycles. The minimum atomic E-state index is -4.02. The lowest BCUT2D eigenvalue weighted by Crippen LogP contribution is -2.39. The number of fused-ring (bicyclic) bond motifs is 4. The van der Waals surface area contributed by atoms with Crippen molar-refractivity contribution in [3.63, 3.8) is 0 Å². The number of aliphatic hydroxyl groups excluding tert-OH is 2. The fourth-order valence-electron chi connectivity index (χ4n) is 6.64. The number of Topliss-reactive ketones (excluding diaryl/α,β-unsaturated/α-hetero) is 2. The van der Waals surface area contributed by atoms with Crippen molar-refractivity contribution in [2.75, 3.05) is 13.6 Å². The lowest BCUT2D eigenvalue weighted by Gasteiger charge is -2.31. The van der Waals surface area contributed by atoms with Crippen molar-refractivity contribution in [2.45, 2.75) is 16.7 Å². The standard InChI is InChI=1S/C21H16ClNO4S.C20H14ClNO4S/c1-2-23-19(20(24)15-11-10-13-6-3-4-7-14(13)12-15)21(25)18-16(22)8-5-9-17(18)28(23,26)27;1-22-18(19(23)14-10-9-12-5-2-3-6-13(12)11-14)20(24)17-15(21)7-4-8-16(17)27(22,25)26/h3-12,24H,2H2,1H3;2-11,23H,1H3. The van der Waals surface area contributed by atoms with Gasteiger partial charge in [0.25, 0.3) is 20.0 Å². The predicted octanol–water partition coefficient (Wildman–Crippen LogP) is 8.86. The van der Waals surface area contributed by atoms with E-state index < -0.39 is 43.1 Å². The third kappa shape index (κ3) is 6.30. The summed E-state index contributed by atoms with van der Waals surface area (Å²) in [5.74, 6) is -2.07. The van der Waals surface area contributed by atoms with Crippen LogP contribution < -0.4 is 0 Å². The molecule has 2 aliphatic heterocycles. The van der Waals surface area contributed by atoms with Crippen molar-refractivity contribution < 1.29 is 36.6 Å². The van der Waals surface area contributed by atoms with Gasteiger partial charge in [-0.1, -0.05) is 108 Å². The third-order valence-corrected chi connectivity index (χ3v) is 13.7. The van der Waals surface area contributed by atoms with Crippen LogP contribution in [0.4, 0.5) is 0 Å². The van der Waals surface area contributed by atoms with Crippen molar-refractivity contribution in [2.24, 2.45) is 0 Å². The molecule has 0 bridgehead atoms. The highest BCUT2D eigenvalue weighted by Gasteiger charge is 2.43. The molecule has 55 heavy (non-hydrogen) atoms. The van der Waals surface area contributed by atoms with Gasteiger partial charge in [-0.25, -0.2) is 16.8 Å². The number of allylic oxidation sites excluding steroid dienone is 2. The molecule has 6 aromatic carbocycles. The maximum absolute atomic E-state index is 13.2. The Morgan fingerprint density at radius 3 is 1.45 bits per heavy atom. The number of ketones is 2. The lowest BCUT2D eigenvalue weighted by atomic mass is 10.0. The summed E-state index contributed by atoms with van der Waals surface area (Å²) in [5.41, 5.74) is -0.166. The molecule has 6 aromatic rings. The molecule has 0 radical (unpaired) electrons. The van der Waals surface area contributed by atoms with Crippen LogP contribution in [0.2, 0.25) is 10.0 Å². The van der Waals surface area contributed by atoms with Crippen LogP contribution in [0.25, 0.3) is 33.1 Å². The van der Waals surface area contributed by atoms with Gasteiger partial charge in [-0.05, 0) is 64.9 Å². The molecule has 0 spiro atoms. The molecule has 14 heteroatoms. The Kier molecular flexibility index (Phi) is 9.72. The van der Waals surface area contributed by atoms with Gasteiger partial charge in [0.2, 0.25) is 11.6 Å². The van der Waals surface area contributed by atoms with Gasteiger partial charge in [-0.2, -0.15) is 0 Å². The lowest BCUT2D eigenvalue weighted by molar-refractivity contribution is 0.0993. The van der Waals surface area contributed by atoms with Gasteiger partial charge in [0, 0.05) is 24.7 Å². The van der Waals surface area contributed by atoms with Crippen molar-refractivity contribution in [3.05, 3.63) is 165 Å². The summed E-state index contributed by atoms with van der Waals surface area (Å²) in [6.45, 7) is 1.60. The SMILES string of the molecule is CCN1C(=C(O)c2ccc3ccccc3c2)C(=O)c2c(Cl)cccc2S1(=O)=O.CN1C(=C(O)c2ccc3ccccc3c2)C(=O)c2c(Cl)cccc2S1(=O)=O. The molecule has 0 atom stereocenters. The molecular formula is C41H30Cl2N2O8S2. The molecule has 0 amide bonds. The first-order chi connectivity index (χ1) is 26.2. The molecule has 0 aliphatic carbocycles. The fourth-order valence-corrected chi connectivity index (χ4v) is 10.4. The molecule has 2 N–H and O–H groups in total. The summed E-state index contributed by atoms with van der Waals surface area (Å²) >= 11 is 12.2. The topological polar surface area (TPSA) is 149 Å². The molecule has 0 saturated carbocycles. The number of likely N-dealkylation sites (N-methyl/N-ethyl adjacent to an activating group) is 2. The van der Waals surface area contributed by atoms with E-state index in [0.717, 1.165) is 30.2 Å². The monoisotopic (exact) mass is 812 g/mol. The van der Waals surface area contributed by atoms with E-state index in [2.05, 4.69) is 0 Å². The zero-order valence-electron chi connectivity index (χ0n) is 29.1. The number of aliphatic hydroxyl groups is 2. The van der Waals surface area contributed by atoms with Crippen LogP contribution in [-0.4, -0.2) is 60.8 Å². The Bertz CT molecular complexity index is 2910.